The largest absolute Gasteiger partial charge is 0.492 e. The first-order valence-electron chi connectivity index (χ1n) is 4.94. The highest BCUT2D eigenvalue weighted by Crippen LogP contribution is 2.17. The summed E-state index contributed by atoms with van der Waals surface area (Å²) < 4.78 is 5.56. The summed E-state index contributed by atoms with van der Waals surface area (Å²) >= 11 is 3.37. The van der Waals surface area contributed by atoms with E-state index in [1.54, 1.807) is 6.20 Å². The van der Waals surface area contributed by atoms with Crippen LogP contribution in [0.25, 0.3) is 10.9 Å². The lowest BCUT2D eigenvalue weighted by atomic mass is 10.2. The Hall–Kier alpha value is -1.09. The Bertz CT molecular complexity index is 444. The monoisotopic (exact) mass is 265 g/mol. The maximum atomic E-state index is 5.56. The van der Waals surface area contributed by atoms with Gasteiger partial charge in [-0.3, -0.25) is 4.98 Å². The first-order chi connectivity index (χ1) is 7.40. The first-order valence-corrected chi connectivity index (χ1v) is 6.06. The van der Waals surface area contributed by atoms with E-state index in [1.165, 1.54) is 0 Å². The fourth-order valence-electron chi connectivity index (χ4n) is 1.37. The molecule has 78 valence electrons. The quantitative estimate of drug-likeness (QED) is 0.625. The Morgan fingerprint density at radius 3 is 3.00 bits per heavy atom. The zero-order valence-electron chi connectivity index (χ0n) is 8.32. The Labute approximate surface area is 97.4 Å². The number of aromatic nitrogens is 1. The summed E-state index contributed by atoms with van der Waals surface area (Å²) in [4.78, 5) is 4.32. The lowest BCUT2D eigenvalue weighted by Gasteiger charge is -2.05. The molecule has 1 heterocycles. The van der Waals surface area contributed by atoms with Gasteiger partial charge in [0.2, 0.25) is 0 Å². The first kappa shape index (κ1) is 10.4. The van der Waals surface area contributed by atoms with Crippen LogP contribution in [0.1, 0.15) is 6.42 Å². The predicted octanol–water partition coefficient (Wildman–Crippen LogP) is 3.40. The molecule has 1 aromatic heterocycles. The number of fused-ring (bicyclic) bond motifs is 1. The molecule has 0 atom stereocenters. The highest BCUT2D eigenvalue weighted by atomic mass is 79.9. The van der Waals surface area contributed by atoms with E-state index in [9.17, 15) is 0 Å². The van der Waals surface area contributed by atoms with Gasteiger partial charge in [-0.1, -0.05) is 34.1 Å². The molecular formula is C12H12BrNO. The minimum absolute atomic E-state index is 0.727. The van der Waals surface area contributed by atoms with E-state index in [2.05, 4.69) is 20.9 Å². The zero-order valence-corrected chi connectivity index (χ0v) is 9.90. The van der Waals surface area contributed by atoms with Gasteiger partial charge in [0.15, 0.2) is 0 Å². The summed E-state index contributed by atoms with van der Waals surface area (Å²) in [5, 5.41) is 2.09. The van der Waals surface area contributed by atoms with Crippen LogP contribution in [0.2, 0.25) is 0 Å². The minimum atomic E-state index is 0.727. The van der Waals surface area contributed by atoms with E-state index >= 15 is 0 Å². The second-order valence-electron chi connectivity index (χ2n) is 3.25. The van der Waals surface area contributed by atoms with E-state index in [0.29, 0.717) is 0 Å². The van der Waals surface area contributed by atoms with Crippen molar-refractivity contribution in [3.05, 3.63) is 36.5 Å². The second kappa shape index (κ2) is 5.12. The molecule has 0 fully saturated rings. The van der Waals surface area contributed by atoms with Crippen molar-refractivity contribution in [2.75, 3.05) is 11.9 Å². The normalized spacial score (nSPS) is 10.5. The summed E-state index contributed by atoms with van der Waals surface area (Å²) in [6.45, 7) is 0.727. The molecule has 0 aliphatic rings. The number of alkyl halides is 1. The van der Waals surface area contributed by atoms with Crippen LogP contribution in [0.4, 0.5) is 0 Å². The van der Waals surface area contributed by atoms with E-state index in [4.69, 9.17) is 4.74 Å². The molecule has 0 unspecified atom stereocenters. The summed E-state index contributed by atoms with van der Waals surface area (Å²) in [6, 6.07) is 10.1. The van der Waals surface area contributed by atoms with E-state index in [-0.39, 0.29) is 0 Å². The number of rotatable bonds is 4. The van der Waals surface area contributed by atoms with Gasteiger partial charge in [0.25, 0.3) is 0 Å². The van der Waals surface area contributed by atoms with Crippen molar-refractivity contribution < 1.29 is 4.74 Å². The second-order valence-corrected chi connectivity index (χ2v) is 4.05. The van der Waals surface area contributed by atoms with Crippen LogP contribution in [-0.2, 0) is 0 Å². The van der Waals surface area contributed by atoms with Gasteiger partial charge in [-0.05, 0) is 18.6 Å². The smallest absolute Gasteiger partial charge is 0.138 e. The fraction of sp³-hybridized carbons (Fsp3) is 0.250. The van der Waals surface area contributed by atoms with E-state index < -0.39 is 0 Å². The van der Waals surface area contributed by atoms with Gasteiger partial charge < -0.3 is 4.74 Å². The van der Waals surface area contributed by atoms with Gasteiger partial charge in [0.1, 0.15) is 5.75 Å². The summed E-state index contributed by atoms with van der Waals surface area (Å²) in [5.74, 6) is 0.842. The van der Waals surface area contributed by atoms with Gasteiger partial charge in [0.05, 0.1) is 18.3 Å². The molecule has 3 heteroatoms. The molecule has 0 aliphatic carbocycles. The van der Waals surface area contributed by atoms with Crippen molar-refractivity contribution in [3.8, 4) is 5.75 Å². The SMILES string of the molecule is BrCCCOc1cnc2ccccc2c1. The molecule has 1 aromatic carbocycles. The number of pyridine rings is 1. The average Bonchev–Trinajstić information content (AvgIpc) is 2.29. The summed E-state index contributed by atoms with van der Waals surface area (Å²) in [5.41, 5.74) is 1.00. The Kier molecular flexibility index (Phi) is 3.56. The Morgan fingerprint density at radius 1 is 1.27 bits per heavy atom. The van der Waals surface area contributed by atoms with Gasteiger partial charge in [0, 0.05) is 10.7 Å². The highest BCUT2D eigenvalue weighted by Gasteiger charge is 1.97. The third kappa shape index (κ3) is 2.69. The van der Waals surface area contributed by atoms with E-state index in [0.717, 1.165) is 35.0 Å². The van der Waals surface area contributed by atoms with Crippen LogP contribution >= 0.6 is 15.9 Å². The summed E-state index contributed by atoms with van der Waals surface area (Å²) in [7, 11) is 0. The molecule has 0 aliphatic heterocycles. The van der Waals surface area contributed by atoms with Gasteiger partial charge >= 0.3 is 0 Å². The maximum absolute atomic E-state index is 5.56. The third-order valence-electron chi connectivity index (χ3n) is 2.11. The van der Waals surface area contributed by atoms with Crippen molar-refractivity contribution in [2.45, 2.75) is 6.42 Å². The minimum Gasteiger partial charge on any atom is -0.492 e. The zero-order chi connectivity index (χ0) is 10.5. The number of benzene rings is 1. The predicted molar refractivity (Wildman–Crippen MR) is 65.6 cm³/mol. The molecular weight excluding hydrogens is 254 g/mol. The van der Waals surface area contributed by atoms with Gasteiger partial charge in [-0.2, -0.15) is 0 Å². The summed E-state index contributed by atoms with van der Waals surface area (Å²) in [6.07, 6.45) is 2.78. The highest BCUT2D eigenvalue weighted by molar-refractivity contribution is 9.09. The van der Waals surface area contributed by atoms with Crippen LogP contribution < -0.4 is 4.74 Å². The number of halogens is 1. The number of nitrogens with zero attached hydrogens (tertiary/aromatic N) is 1. The molecule has 0 N–H and O–H groups in total. The molecule has 0 radical (unpaired) electrons. The molecule has 2 rings (SSSR count). The average molecular weight is 266 g/mol. The topological polar surface area (TPSA) is 22.1 Å². The van der Waals surface area contributed by atoms with Crippen molar-refractivity contribution in [1.29, 1.82) is 0 Å². The Balaban J connectivity index is 2.16. The van der Waals surface area contributed by atoms with Crippen LogP contribution in [0.5, 0.6) is 5.75 Å². The third-order valence-corrected chi connectivity index (χ3v) is 2.67. The molecule has 2 aromatic rings. The van der Waals surface area contributed by atoms with Crippen molar-refractivity contribution in [2.24, 2.45) is 0 Å². The van der Waals surface area contributed by atoms with Crippen LogP contribution in [0.3, 0.4) is 0 Å². The van der Waals surface area contributed by atoms with Crippen LogP contribution in [-0.4, -0.2) is 16.9 Å². The number of hydrogen-bond acceptors (Lipinski definition) is 2. The van der Waals surface area contributed by atoms with Crippen molar-refractivity contribution >= 4 is 26.8 Å². The number of para-hydroxylation sites is 1. The fourth-order valence-corrected chi connectivity index (χ4v) is 1.60. The van der Waals surface area contributed by atoms with Gasteiger partial charge in [-0.15, -0.1) is 0 Å². The van der Waals surface area contributed by atoms with E-state index in [1.807, 2.05) is 30.3 Å². The number of hydrogen-bond donors (Lipinski definition) is 0. The van der Waals surface area contributed by atoms with Crippen LogP contribution in [0.15, 0.2) is 36.5 Å². The molecule has 15 heavy (non-hydrogen) atoms. The lowest BCUT2D eigenvalue weighted by Crippen LogP contribution is -1.97. The van der Waals surface area contributed by atoms with Crippen LogP contribution in [0, 0.1) is 0 Å². The molecule has 0 saturated heterocycles. The van der Waals surface area contributed by atoms with Crippen molar-refractivity contribution in [3.63, 3.8) is 0 Å². The molecule has 0 amide bonds. The molecule has 2 nitrogen and oxygen atoms in total. The van der Waals surface area contributed by atoms with Gasteiger partial charge in [-0.25, -0.2) is 0 Å². The molecule has 0 spiro atoms. The molecule has 0 bridgehead atoms. The van der Waals surface area contributed by atoms with Crippen molar-refractivity contribution in [1.82, 2.24) is 4.98 Å². The molecule has 0 saturated carbocycles. The number of ether oxygens (including phenoxy) is 1. The maximum Gasteiger partial charge on any atom is 0.138 e. The standard InChI is InChI=1S/C12H12BrNO/c13-6-3-7-15-11-8-10-4-1-2-5-12(10)14-9-11/h1-2,4-5,8-9H,3,6-7H2. The Morgan fingerprint density at radius 2 is 2.13 bits per heavy atom. The lowest BCUT2D eigenvalue weighted by molar-refractivity contribution is 0.318.